The molecule has 0 saturated carbocycles. The molecule has 1 radical (unpaired) electrons. The minimum atomic E-state index is -1.08. The number of carbonyl (C=O) groups is 1. The third-order valence-electron chi connectivity index (χ3n) is 1.19. The first-order chi connectivity index (χ1) is 3.80. The first-order valence-electron chi connectivity index (χ1n) is 2.63. The zero-order valence-corrected chi connectivity index (χ0v) is 4.42. The zero-order chi connectivity index (χ0) is 5.98. The van der Waals surface area contributed by atoms with Crippen LogP contribution in [0.25, 0.3) is 0 Å². The molecule has 45 valence electrons. The van der Waals surface area contributed by atoms with Gasteiger partial charge in [-0.25, -0.2) is 9.90 Å². The fourth-order valence-corrected chi connectivity index (χ4v) is 0.764. The van der Waals surface area contributed by atoms with E-state index in [2.05, 4.69) is 0 Å². The number of carbonyl (C=O) groups excluding carboxylic acids is 1. The van der Waals surface area contributed by atoms with Crippen LogP contribution in [0.5, 0.6) is 0 Å². The fraction of sp³-hybridized carbons (Fsp3) is 0.800. The van der Waals surface area contributed by atoms with Gasteiger partial charge in [0.2, 0.25) is 0 Å². The summed E-state index contributed by atoms with van der Waals surface area (Å²) in [4.78, 5) is 9.97. The van der Waals surface area contributed by atoms with Crippen molar-refractivity contribution in [1.82, 2.24) is 0 Å². The van der Waals surface area contributed by atoms with Gasteiger partial charge in [-0.3, -0.25) is 0 Å². The second-order valence-corrected chi connectivity index (χ2v) is 1.82. The molecule has 0 aromatic heterocycles. The maximum atomic E-state index is 9.97. The topological polar surface area (TPSA) is 46.2 Å². The van der Waals surface area contributed by atoms with Gasteiger partial charge < -0.3 is 4.74 Å². The minimum absolute atomic E-state index is 0.568. The lowest BCUT2D eigenvalue weighted by Gasteiger charge is -1.96. The van der Waals surface area contributed by atoms with E-state index in [-0.39, 0.29) is 0 Å². The van der Waals surface area contributed by atoms with Crippen molar-refractivity contribution in [3.63, 3.8) is 0 Å². The van der Waals surface area contributed by atoms with Gasteiger partial charge in [0.25, 0.3) is 0 Å². The molecule has 1 rings (SSSR count). The molecule has 0 bridgehead atoms. The van der Waals surface area contributed by atoms with Crippen LogP contribution in [0, 0.1) is 0 Å². The average molecular weight is 115 g/mol. The van der Waals surface area contributed by atoms with Crippen LogP contribution in [0.1, 0.15) is 12.8 Å². The van der Waals surface area contributed by atoms with Crippen LogP contribution in [0.15, 0.2) is 0 Å². The van der Waals surface area contributed by atoms with E-state index >= 15 is 0 Å². The first kappa shape index (κ1) is 5.56. The first-order valence-corrected chi connectivity index (χ1v) is 2.63. The van der Waals surface area contributed by atoms with E-state index in [4.69, 9.17) is 4.74 Å². The monoisotopic (exact) mass is 115 g/mol. The van der Waals surface area contributed by atoms with Crippen LogP contribution in [-0.4, -0.2) is 18.7 Å². The Morgan fingerprint density at radius 1 is 1.62 bits per heavy atom. The molecule has 1 aliphatic heterocycles. The molecule has 1 aliphatic rings. The van der Waals surface area contributed by atoms with Crippen LogP contribution < -0.4 is 0 Å². The predicted molar refractivity (Wildman–Crippen MR) is 24.7 cm³/mol. The number of hydrogen-bond donors (Lipinski definition) is 0. The molecule has 0 aromatic rings. The molecule has 0 spiro atoms. The number of hydrogen-bond acceptors (Lipinski definition) is 2. The molecular formula is C5H7O3. The molecule has 0 amide bonds. The molecule has 0 aromatic carbocycles. The van der Waals surface area contributed by atoms with Crippen molar-refractivity contribution in [2.75, 3.05) is 6.61 Å². The van der Waals surface area contributed by atoms with E-state index in [9.17, 15) is 9.90 Å². The van der Waals surface area contributed by atoms with Gasteiger partial charge in [-0.1, -0.05) is 0 Å². The number of rotatable bonds is 1. The molecule has 0 aliphatic carbocycles. The van der Waals surface area contributed by atoms with E-state index < -0.39 is 12.1 Å². The Hall–Kier alpha value is -0.570. The lowest BCUT2D eigenvalue weighted by Crippen LogP contribution is -2.16. The molecule has 0 N–H and O–H groups in total. The van der Waals surface area contributed by atoms with E-state index in [1.54, 1.807) is 0 Å². The predicted octanol–water partition coefficient (Wildman–Crippen LogP) is 0.122. The number of ether oxygens (including phenoxy) is 1. The maximum absolute atomic E-state index is 9.97. The lowest BCUT2D eigenvalue weighted by atomic mass is 10.2. The standard InChI is InChI=1S/C5H7O3/c6-5(7)4-2-1-3-8-4/h4H,1-3H2/t4-/m1/s1. The quantitative estimate of drug-likeness (QED) is 0.487. The third kappa shape index (κ3) is 0.980. The van der Waals surface area contributed by atoms with Crippen molar-refractivity contribution in [3.05, 3.63) is 0 Å². The molecule has 8 heavy (non-hydrogen) atoms. The molecular weight excluding hydrogens is 108 g/mol. The summed E-state index contributed by atoms with van der Waals surface area (Å²) in [5.41, 5.74) is 0. The maximum Gasteiger partial charge on any atom is 0.383 e. The summed E-state index contributed by atoms with van der Waals surface area (Å²) >= 11 is 0. The van der Waals surface area contributed by atoms with Crippen LogP contribution in [0.4, 0.5) is 0 Å². The van der Waals surface area contributed by atoms with Crippen molar-refractivity contribution in [2.45, 2.75) is 18.9 Å². The minimum Gasteiger partial charge on any atom is -0.366 e. The Morgan fingerprint density at radius 2 is 2.38 bits per heavy atom. The van der Waals surface area contributed by atoms with Gasteiger partial charge in [0.1, 0.15) is 0 Å². The normalized spacial score (nSPS) is 28.2. The summed E-state index contributed by atoms with van der Waals surface area (Å²) in [6, 6.07) is 0. The molecule has 0 unspecified atom stereocenters. The van der Waals surface area contributed by atoms with Crippen LogP contribution in [-0.2, 0) is 14.6 Å². The Morgan fingerprint density at radius 3 is 2.62 bits per heavy atom. The van der Waals surface area contributed by atoms with E-state index in [0.29, 0.717) is 13.0 Å². The highest BCUT2D eigenvalue weighted by Crippen LogP contribution is 2.11. The van der Waals surface area contributed by atoms with Crippen LogP contribution in [0.3, 0.4) is 0 Å². The second kappa shape index (κ2) is 2.13. The van der Waals surface area contributed by atoms with E-state index in [1.807, 2.05) is 0 Å². The van der Waals surface area contributed by atoms with Gasteiger partial charge in [-0.05, 0) is 12.8 Å². The third-order valence-corrected chi connectivity index (χ3v) is 1.19. The zero-order valence-electron chi connectivity index (χ0n) is 4.42. The molecule has 1 atom stereocenters. The molecule has 1 saturated heterocycles. The Balaban J connectivity index is 2.35. The Labute approximate surface area is 47.3 Å². The SMILES string of the molecule is [O]C(=O)[C@H]1CCCO1. The van der Waals surface area contributed by atoms with Crippen LogP contribution >= 0.6 is 0 Å². The summed E-state index contributed by atoms with van der Waals surface area (Å²) in [6.07, 6.45) is 0.830. The largest absolute Gasteiger partial charge is 0.383 e. The van der Waals surface area contributed by atoms with E-state index in [1.165, 1.54) is 0 Å². The van der Waals surface area contributed by atoms with Gasteiger partial charge in [-0.15, -0.1) is 0 Å². The summed E-state index contributed by atoms with van der Waals surface area (Å²) in [5.74, 6) is -1.08. The molecule has 1 heterocycles. The van der Waals surface area contributed by atoms with Crippen molar-refractivity contribution >= 4 is 5.97 Å². The molecule has 3 nitrogen and oxygen atoms in total. The second-order valence-electron chi connectivity index (χ2n) is 1.82. The van der Waals surface area contributed by atoms with Crippen molar-refractivity contribution in [1.29, 1.82) is 0 Å². The smallest absolute Gasteiger partial charge is 0.366 e. The van der Waals surface area contributed by atoms with Gasteiger partial charge in [0, 0.05) is 6.61 Å². The fourth-order valence-electron chi connectivity index (χ4n) is 0.764. The van der Waals surface area contributed by atoms with Gasteiger partial charge >= 0.3 is 5.97 Å². The van der Waals surface area contributed by atoms with Crippen LogP contribution in [0.2, 0.25) is 0 Å². The van der Waals surface area contributed by atoms with Gasteiger partial charge in [0.15, 0.2) is 6.10 Å². The Kier molecular flexibility index (Phi) is 1.48. The highest BCUT2D eigenvalue weighted by atomic mass is 16.5. The Bertz CT molecular complexity index is 93.8. The average Bonchev–Trinajstić information content (AvgIpc) is 2.12. The highest BCUT2D eigenvalue weighted by Gasteiger charge is 2.23. The molecule has 3 heteroatoms. The highest BCUT2D eigenvalue weighted by molar-refractivity contribution is 5.72. The van der Waals surface area contributed by atoms with E-state index in [0.717, 1.165) is 6.42 Å². The van der Waals surface area contributed by atoms with Gasteiger partial charge in [0.05, 0.1) is 0 Å². The molecule has 1 fully saturated rings. The van der Waals surface area contributed by atoms with Gasteiger partial charge in [-0.2, -0.15) is 0 Å². The van der Waals surface area contributed by atoms with Crippen molar-refractivity contribution in [3.8, 4) is 0 Å². The summed E-state index contributed by atoms with van der Waals surface area (Å²) in [5, 5.41) is 9.97. The summed E-state index contributed by atoms with van der Waals surface area (Å²) in [6.45, 7) is 0.568. The summed E-state index contributed by atoms with van der Waals surface area (Å²) < 4.78 is 4.75. The van der Waals surface area contributed by atoms with Crippen molar-refractivity contribution < 1.29 is 14.6 Å². The van der Waals surface area contributed by atoms with Crippen molar-refractivity contribution in [2.24, 2.45) is 0 Å². The lowest BCUT2D eigenvalue weighted by molar-refractivity contribution is -0.153. The summed E-state index contributed by atoms with van der Waals surface area (Å²) in [7, 11) is 0.